The van der Waals surface area contributed by atoms with E-state index >= 15 is 0 Å². The fourth-order valence-electron chi connectivity index (χ4n) is 3.80. The van der Waals surface area contributed by atoms with Gasteiger partial charge in [0.1, 0.15) is 11.8 Å². The number of benzene rings is 3. The molecule has 4 aromatic rings. The smallest absolute Gasteiger partial charge is 0.248 e. The van der Waals surface area contributed by atoms with E-state index < -0.39 is 5.91 Å². The molecule has 1 aliphatic rings. The van der Waals surface area contributed by atoms with Crippen molar-refractivity contribution in [1.82, 2.24) is 0 Å². The highest BCUT2D eigenvalue weighted by atomic mass is 16.3. The van der Waals surface area contributed by atoms with Crippen molar-refractivity contribution in [3.8, 4) is 0 Å². The lowest BCUT2D eigenvalue weighted by Gasteiger charge is -2.20. The second kappa shape index (κ2) is 7.59. The van der Waals surface area contributed by atoms with Gasteiger partial charge < -0.3 is 9.73 Å². The molecule has 3 aromatic carbocycles. The highest BCUT2D eigenvalue weighted by Gasteiger charge is 2.31. The van der Waals surface area contributed by atoms with E-state index in [0.29, 0.717) is 22.1 Å². The van der Waals surface area contributed by atoms with Crippen LogP contribution in [0.4, 0.5) is 5.69 Å². The Labute approximate surface area is 181 Å². The summed E-state index contributed by atoms with van der Waals surface area (Å²) in [7, 11) is 0. The van der Waals surface area contributed by atoms with Crippen LogP contribution in [-0.4, -0.2) is 17.5 Å². The van der Waals surface area contributed by atoms with Gasteiger partial charge >= 0.3 is 0 Å². The highest BCUT2D eigenvalue weighted by molar-refractivity contribution is 6.30. The molecule has 6 nitrogen and oxygen atoms in total. The summed E-state index contributed by atoms with van der Waals surface area (Å²) in [6.07, 6.45) is 3.83. The van der Waals surface area contributed by atoms with Crippen molar-refractivity contribution in [2.45, 2.75) is 0 Å². The molecule has 0 aliphatic heterocycles. The second-order valence-corrected chi connectivity index (χ2v) is 7.27. The molecule has 32 heavy (non-hydrogen) atoms. The first-order valence-electron chi connectivity index (χ1n) is 9.85. The Balaban J connectivity index is 1.45. The first-order chi connectivity index (χ1) is 15.5. The minimum absolute atomic E-state index is 0.156. The van der Waals surface area contributed by atoms with Crippen molar-refractivity contribution in [1.29, 1.82) is 0 Å². The molecule has 0 saturated heterocycles. The van der Waals surface area contributed by atoms with Crippen LogP contribution >= 0.6 is 0 Å². The van der Waals surface area contributed by atoms with Crippen LogP contribution in [0.5, 0.6) is 0 Å². The molecule has 0 unspecified atom stereocenters. The second-order valence-electron chi connectivity index (χ2n) is 7.27. The number of rotatable bonds is 3. The number of hydrogen-bond acceptors (Lipinski definition) is 5. The molecule has 1 aliphatic carbocycles. The third kappa shape index (κ3) is 3.15. The molecule has 5 rings (SSSR count). The van der Waals surface area contributed by atoms with Crippen molar-refractivity contribution in [3.05, 3.63) is 117 Å². The van der Waals surface area contributed by atoms with Crippen molar-refractivity contribution >= 4 is 40.2 Å². The Morgan fingerprint density at radius 1 is 0.781 bits per heavy atom. The number of ketones is 2. The molecule has 0 atom stereocenters. The predicted octanol–water partition coefficient (Wildman–Crippen LogP) is 4.22. The summed E-state index contributed by atoms with van der Waals surface area (Å²) in [6.45, 7) is 0. The van der Waals surface area contributed by atoms with Crippen LogP contribution < -0.4 is 10.7 Å². The molecule has 154 valence electrons. The molecule has 1 amide bonds. The molecule has 1 heterocycles. The van der Waals surface area contributed by atoms with E-state index in [2.05, 4.69) is 5.32 Å². The summed E-state index contributed by atoms with van der Waals surface area (Å²) in [4.78, 5) is 51.0. The summed E-state index contributed by atoms with van der Waals surface area (Å²) in [6, 6.07) is 18.2. The molecule has 0 spiro atoms. The number of hydrogen-bond donors (Lipinski definition) is 1. The van der Waals surface area contributed by atoms with Crippen LogP contribution in [0.2, 0.25) is 0 Å². The van der Waals surface area contributed by atoms with Crippen molar-refractivity contribution in [2.75, 3.05) is 5.32 Å². The van der Waals surface area contributed by atoms with Crippen LogP contribution in [0.25, 0.3) is 17.0 Å². The summed E-state index contributed by atoms with van der Waals surface area (Å²) in [5.74, 6) is -1.15. The quantitative estimate of drug-likeness (QED) is 0.440. The average Bonchev–Trinajstić information content (AvgIpc) is 2.82. The third-order valence-electron chi connectivity index (χ3n) is 5.33. The van der Waals surface area contributed by atoms with E-state index in [9.17, 15) is 19.2 Å². The van der Waals surface area contributed by atoms with Crippen molar-refractivity contribution in [2.24, 2.45) is 0 Å². The molecular weight excluding hydrogens is 406 g/mol. The number of fused-ring (bicyclic) bond motifs is 3. The van der Waals surface area contributed by atoms with Crippen LogP contribution in [0.1, 0.15) is 37.4 Å². The molecular formula is C26H15NO5. The maximum atomic E-state index is 13.0. The number of nitrogens with one attached hydrogen (secondary N) is 1. The summed E-state index contributed by atoms with van der Waals surface area (Å²) in [5.41, 5.74) is 1.69. The Morgan fingerprint density at radius 3 is 2.28 bits per heavy atom. The zero-order chi connectivity index (χ0) is 22.2. The molecule has 0 fully saturated rings. The van der Waals surface area contributed by atoms with E-state index in [0.717, 1.165) is 0 Å². The minimum Gasteiger partial charge on any atom is -0.463 e. The van der Waals surface area contributed by atoms with Crippen LogP contribution in [0, 0.1) is 0 Å². The largest absolute Gasteiger partial charge is 0.463 e. The van der Waals surface area contributed by atoms with Gasteiger partial charge in [-0.05, 0) is 24.3 Å². The fraction of sp³-hybridized carbons (Fsp3) is 0. The Hall–Kier alpha value is -4.58. The van der Waals surface area contributed by atoms with Crippen LogP contribution in [0.3, 0.4) is 0 Å². The third-order valence-corrected chi connectivity index (χ3v) is 5.33. The maximum Gasteiger partial charge on any atom is 0.248 e. The van der Waals surface area contributed by atoms with Gasteiger partial charge in [-0.1, -0.05) is 48.5 Å². The first-order valence-corrected chi connectivity index (χ1v) is 9.85. The minimum atomic E-state index is -0.551. The fourth-order valence-corrected chi connectivity index (χ4v) is 3.80. The summed E-state index contributed by atoms with van der Waals surface area (Å²) < 4.78 is 5.44. The number of carbonyl (C=O) groups excluding carboxylic acids is 3. The van der Waals surface area contributed by atoms with Gasteiger partial charge in [-0.2, -0.15) is 0 Å². The van der Waals surface area contributed by atoms with Gasteiger partial charge in [0.05, 0.1) is 22.2 Å². The van der Waals surface area contributed by atoms with Gasteiger partial charge in [-0.15, -0.1) is 0 Å². The first kappa shape index (κ1) is 19.4. The van der Waals surface area contributed by atoms with E-state index in [1.54, 1.807) is 66.7 Å². The van der Waals surface area contributed by atoms with Gasteiger partial charge in [-0.3, -0.25) is 19.2 Å². The van der Waals surface area contributed by atoms with Gasteiger partial charge in [-0.25, -0.2) is 0 Å². The topological polar surface area (TPSA) is 93.4 Å². The van der Waals surface area contributed by atoms with Crippen LogP contribution in [-0.2, 0) is 4.79 Å². The number of anilines is 1. The normalized spacial score (nSPS) is 12.6. The summed E-state index contributed by atoms with van der Waals surface area (Å²) >= 11 is 0. The summed E-state index contributed by atoms with van der Waals surface area (Å²) in [5, 5.41) is 3.06. The average molecular weight is 421 g/mol. The van der Waals surface area contributed by atoms with Crippen molar-refractivity contribution < 1.29 is 18.8 Å². The molecule has 0 radical (unpaired) electrons. The number of para-hydroxylation sites is 1. The van der Waals surface area contributed by atoms with E-state index in [1.807, 2.05) is 0 Å². The molecule has 6 heteroatoms. The zero-order valence-electron chi connectivity index (χ0n) is 16.6. The SMILES string of the molecule is O=C(/C=C/c1coc2ccccc2c1=O)Nc1cccc2c1C(=O)c1ccccc1C2=O. The monoisotopic (exact) mass is 421 g/mol. The Kier molecular flexibility index (Phi) is 4.60. The molecule has 1 N–H and O–H groups in total. The van der Waals surface area contributed by atoms with Gasteiger partial charge in [0.15, 0.2) is 17.0 Å². The highest BCUT2D eigenvalue weighted by Crippen LogP contribution is 2.31. The Morgan fingerprint density at radius 2 is 1.47 bits per heavy atom. The van der Waals surface area contributed by atoms with Gasteiger partial charge in [0.25, 0.3) is 0 Å². The van der Waals surface area contributed by atoms with E-state index in [-0.39, 0.29) is 39.4 Å². The molecule has 1 aromatic heterocycles. The zero-order valence-corrected chi connectivity index (χ0v) is 16.6. The number of amides is 1. The van der Waals surface area contributed by atoms with E-state index in [1.165, 1.54) is 18.4 Å². The maximum absolute atomic E-state index is 13.0. The molecule has 0 saturated carbocycles. The van der Waals surface area contributed by atoms with E-state index in [4.69, 9.17) is 4.42 Å². The lowest BCUT2D eigenvalue weighted by molar-refractivity contribution is -0.111. The predicted molar refractivity (Wildman–Crippen MR) is 120 cm³/mol. The van der Waals surface area contributed by atoms with Crippen LogP contribution in [0.15, 0.2) is 88.3 Å². The Bertz CT molecular complexity index is 1530. The van der Waals surface area contributed by atoms with Gasteiger partial charge in [0.2, 0.25) is 5.91 Å². The van der Waals surface area contributed by atoms with Crippen molar-refractivity contribution in [3.63, 3.8) is 0 Å². The number of carbonyl (C=O) groups is 3. The lowest BCUT2D eigenvalue weighted by atomic mass is 9.83. The standard InChI is InChI=1S/C26H15NO5/c28-22(13-12-15-14-32-21-11-4-3-8-18(21)24(15)29)27-20-10-5-9-19-23(20)26(31)17-7-2-1-6-16(17)25(19)30/h1-14H,(H,27,28)/b13-12+. The van der Waals surface area contributed by atoms with Gasteiger partial charge in [0, 0.05) is 22.8 Å². The lowest BCUT2D eigenvalue weighted by Crippen LogP contribution is -2.23. The molecule has 0 bridgehead atoms.